The summed E-state index contributed by atoms with van der Waals surface area (Å²) in [7, 11) is 0. The van der Waals surface area contributed by atoms with E-state index in [-0.39, 0.29) is 59.4 Å². The molecule has 0 unspecified atom stereocenters. The molecular formula is C31H29ClN8O7. The normalized spacial score (nSPS) is 13.3. The van der Waals surface area contributed by atoms with Gasteiger partial charge in [0.05, 0.1) is 11.2 Å². The van der Waals surface area contributed by atoms with Crippen LogP contribution in [-0.2, 0) is 30.8 Å². The van der Waals surface area contributed by atoms with Crippen molar-refractivity contribution in [2.45, 2.75) is 26.1 Å². The van der Waals surface area contributed by atoms with Crippen LogP contribution < -0.4 is 42.6 Å². The molecule has 4 heterocycles. The lowest BCUT2D eigenvalue weighted by Crippen LogP contribution is -2.44. The van der Waals surface area contributed by atoms with Crippen molar-refractivity contribution in [1.82, 2.24) is 20.3 Å². The Kier molecular flexibility index (Phi) is 9.21. The number of nitrogens with one attached hydrogen (secondary N) is 3. The predicted octanol–water partition coefficient (Wildman–Crippen LogP) is 1.22. The molecule has 15 nitrogen and oxygen atoms in total. The largest absolute Gasteiger partial charge is 0.482 e. The molecule has 0 spiro atoms. The summed E-state index contributed by atoms with van der Waals surface area (Å²) in [6.07, 6.45) is 3.26. The third-order valence-electron chi connectivity index (χ3n) is 7.79. The van der Waals surface area contributed by atoms with Gasteiger partial charge in [-0.15, -0.1) is 12.4 Å². The first-order valence-corrected chi connectivity index (χ1v) is 14.2. The summed E-state index contributed by atoms with van der Waals surface area (Å²) in [5.74, 6) is -1.31. The Hall–Kier alpha value is -5.80. The minimum Gasteiger partial charge on any atom is -0.482 e. The number of carbonyl (C=O) groups is 3. The monoisotopic (exact) mass is 660 g/mol. The molecule has 7 rings (SSSR count). The maximum absolute atomic E-state index is 12.5. The molecule has 2 amide bonds. The highest BCUT2D eigenvalue weighted by Gasteiger charge is 2.27. The summed E-state index contributed by atoms with van der Waals surface area (Å²) >= 11 is 0. The first kappa shape index (κ1) is 32.6. The maximum atomic E-state index is 12.5. The summed E-state index contributed by atoms with van der Waals surface area (Å²) in [5, 5.41) is 14.6. The van der Waals surface area contributed by atoms with Crippen LogP contribution in [0.4, 0.5) is 17.1 Å². The first-order chi connectivity index (χ1) is 22.1. The van der Waals surface area contributed by atoms with Gasteiger partial charge in [0.1, 0.15) is 34.5 Å². The molecule has 2 aliphatic rings. The Labute approximate surface area is 272 Å². The number of aromatic carboxylic acids is 1. The number of carbonyl (C=O) groups excluding carboxylic acids is 2. The highest BCUT2D eigenvalue weighted by atomic mass is 35.5. The highest BCUT2D eigenvalue weighted by Crippen LogP contribution is 2.29. The van der Waals surface area contributed by atoms with Crippen molar-refractivity contribution >= 4 is 58.3 Å². The molecule has 2 aromatic heterocycles. The molecule has 0 fully saturated rings. The van der Waals surface area contributed by atoms with Gasteiger partial charge in [0.15, 0.2) is 12.3 Å². The molecule has 0 atom stereocenters. The van der Waals surface area contributed by atoms with Gasteiger partial charge in [-0.1, -0.05) is 24.3 Å². The SMILES string of the molecule is Cl.NCc1ccc2c(c1)CN(c1c(N)c(=O)c1=O)CC2.O=C1COc2ccc(CNC(=O)c3ncnc4c(C(=O)O)c[nH]c34)cc2N1. The van der Waals surface area contributed by atoms with Crippen LogP contribution in [0, 0.1) is 0 Å². The van der Waals surface area contributed by atoms with Crippen molar-refractivity contribution in [3.05, 3.63) is 103 Å². The van der Waals surface area contributed by atoms with E-state index >= 15 is 0 Å². The number of nitrogens with two attached hydrogens (primary N) is 2. The number of aromatic nitrogens is 3. The van der Waals surface area contributed by atoms with E-state index in [9.17, 15) is 24.0 Å². The van der Waals surface area contributed by atoms with E-state index in [4.69, 9.17) is 21.3 Å². The molecule has 242 valence electrons. The fraction of sp³-hybridized carbons (Fsp3) is 0.194. The molecule has 0 radical (unpaired) electrons. The van der Waals surface area contributed by atoms with E-state index in [1.54, 1.807) is 18.2 Å². The summed E-state index contributed by atoms with van der Waals surface area (Å²) < 4.78 is 5.29. The zero-order valence-corrected chi connectivity index (χ0v) is 25.5. The maximum Gasteiger partial charge on any atom is 0.339 e. The highest BCUT2D eigenvalue weighted by molar-refractivity contribution is 6.08. The summed E-state index contributed by atoms with van der Waals surface area (Å²) in [6, 6.07) is 11.4. The number of halogens is 1. The van der Waals surface area contributed by atoms with Crippen LogP contribution in [-0.4, -0.2) is 51.0 Å². The fourth-order valence-electron chi connectivity index (χ4n) is 5.42. The quantitative estimate of drug-likeness (QED) is 0.141. The molecule has 0 saturated carbocycles. The van der Waals surface area contributed by atoms with E-state index < -0.39 is 22.7 Å². The standard InChI is InChI=1S/C17H13N5O5.C14H15N3O2.ClH/c23-12-6-27-11-2-1-8(3-10(11)22-12)4-19-16(24)15-14-13(20-7-21-15)9(5-18-14)17(25)26;15-6-8-1-2-9-3-4-17(7-10(9)5-8)12-11(16)13(18)14(12)19;/h1-3,5,7,18H,4,6H2,(H,19,24)(H,22,23)(H,25,26);1-2,5H,3-4,6-7,15-16H2;1H. The molecule has 0 saturated heterocycles. The number of carboxylic acid groups (broad SMARTS) is 1. The third kappa shape index (κ3) is 6.34. The third-order valence-corrected chi connectivity index (χ3v) is 7.79. The van der Waals surface area contributed by atoms with Crippen molar-refractivity contribution in [1.29, 1.82) is 0 Å². The van der Waals surface area contributed by atoms with Gasteiger partial charge in [-0.2, -0.15) is 0 Å². The second-order valence-electron chi connectivity index (χ2n) is 10.7. The van der Waals surface area contributed by atoms with Crippen LogP contribution in [0.15, 0.2) is 58.5 Å². The number of H-pyrrole nitrogens is 1. The van der Waals surface area contributed by atoms with Gasteiger partial charge in [-0.3, -0.25) is 19.2 Å². The number of ether oxygens (including phenoxy) is 1. The number of hydrogen-bond donors (Lipinski definition) is 6. The van der Waals surface area contributed by atoms with Gasteiger partial charge in [0.2, 0.25) is 0 Å². The predicted molar refractivity (Wildman–Crippen MR) is 175 cm³/mol. The van der Waals surface area contributed by atoms with Crippen molar-refractivity contribution in [2.24, 2.45) is 5.73 Å². The minimum atomic E-state index is -1.15. The minimum absolute atomic E-state index is 0. The number of rotatable bonds is 6. The Bertz CT molecular complexity index is 2100. The lowest BCUT2D eigenvalue weighted by atomic mass is 9.96. The summed E-state index contributed by atoms with van der Waals surface area (Å²) in [5.41, 5.74) is 15.9. The van der Waals surface area contributed by atoms with Crippen LogP contribution >= 0.6 is 12.4 Å². The van der Waals surface area contributed by atoms with Crippen molar-refractivity contribution in [2.75, 3.05) is 29.1 Å². The molecule has 0 aliphatic carbocycles. The van der Waals surface area contributed by atoms with E-state index in [1.165, 1.54) is 11.8 Å². The number of hydrogen-bond acceptors (Lipinski definition) is 11. The van der Waals surface area contributed by atoms with Crippen molar-refractivity contribution < 1.29 is 24.2 Å². The smallest absolute Gasteiger partial charge is 0.339 e. The second kappa shape index (κ2) is 13.3. The van der Waals surface area contributed by atoms with E-state index in [1.807, 2.05) is 11.0 Å². The zero-order chi connectivity index (χ0) is 32.5. The number of anilines is 3. The molecule has 5 aromatic rings. The molecule has 16 heteroatoms. The Balaban J connectivity index is 0.000000191. The molecule has 2 aliphatic heterocycles. The van der Waals surface area contributed by atoms with Crippen LogP contribution in [0.2, 0.25) is 0 Å². The Morgan fingerprint density at radius 1 is 1.04 bits per heavy atom. The average molecular weight is 661 g/mol. The number of amides is 2. The van der Waals surface area contributed by atoms with E-state index in [2.05, 4.69) is 37.7 Å². The van der Waals surface area contributed by atoms with E-state index in [0.29, 0.717) is 36.8 Å². The Morgan fingerprint density at radius 3 is 2.57 bits per heavy atom. The number of nitrogen functional groups attached to an aromatic ring is 1. The fourth-order valence-corrected chi connectivity index (χ4v) is 5.42. The van der Waals surface area contributed by atoms with Gasteiger partial charge >= 0.3 is 5.97 Å². The zero-order valence-electron chi connectivity index (χ0n) is 24.7. The van der Waals surface area contributed by atoms with Crippen molar-refractivity contribution in [3.63, 3.8) is 0 Å². The number of fused-ring (bicyclic) bond motifs is 3. The van der Waals surface area contributed by atoms with Gasteiger partial charge in [0.25, 0.3) is 22.7 Å². The lowest BCUT2D eigenvalue weighted by molar-refractivity contribution is -0.118. The second-order valence-corrected chi connectivity index (χ2v) is 10.7. The summed E-state index contributed by atoms with van der Waals surface area (Å²) in [4.78, 5) is 70.3. The number of nitrogens with zero attached hydrogens (tertiary/aromatic N) is 3. The molecular weight excluding hydrogens is 632 g/mol. The van der Waals surface area contributed by atoms with Gasteiger partial charge < -0.3 is 41.8 Å². The van der Waals surface area contributed by atoms with Gasteiger partial charge in [-0.25, -0.2) is 14.8 Å². The van der Waals surface area contributed by atoms with Gasteiger partial charge in [-0.05, 0) is 40.8 Å². The van der Waals surface area contributed by atoms with Crippen LogP contribution in [0.3, 0.4) is 0 Å². The van der Waals surface area contributed by atoms with E-state index in [0.717, 1.165) is 29.4 Å². The van der Waals surface area contributed by atoms with Gasteiger partial charge in [0, 0.05) is 32.4 Å². The molecule has 47 heavy (non-hydrogen) atoms. The number of aromatic amines is 1. The summed E-state index contributed by atoms with van der Waals surface area (Å²) in [6.45, 7) is 1.97. The topological polar surface area (TPSA) is 236 Å². The number of benzene rings is 2. The van der Waals surface area contributed by atoms with Crippen LogP contribution in [0.1, 0.15) is 43.1 Å². The number of carboxylic acids is 1. The molecule has 3 aromatic carbocycles. The van der Waals surface area contributed by atoms with Crippen molar-refractivity contribution in [3.8, 4) is 5.75 Å². The molecule has 0 bridgehead atoms. The average Bonchev–Trinajstić information content (AvgIpc) is 3.52. The Morgan fingerprint density at radius 2 is 1.83 bits per heavy atom. The first-order valence-electron chi connectivity index (χ1n) is 14.2. The lowest BCUT2D eigenvalue weighted by Gasteiger charge is -2.31. The van der Waals surface area contributed by atoms with Crippen LogP contribution in [0.25, 0.3) is 11.0 Å². The van der Waals surface area contributed by atoms with Crippen LogP contribution in [0.5, 0.6) is 5.75 Å². The molecule has 8 N–H and O–H groups in total.